The van der Waals surface area contributed by atoms with E-state index in [-0.39, 0.29) is 29.7 Å². The van der Waals surface area contributed by atoms with E-state index in [0.717, 1.165) is 12.8 Å². The summed E-state index contributed by atoms with van der Waals surface area (Å²) in [6.07, 6.45) is 1.77. The fourth-order valence-electron chi connectivity index (χ4n) is 3.64. The summed E-state index contributed by atoms with van der Waals surface area (Å²) in [6, 6.07) is 11.0. The van der Waals surface area contributed by atoms with Crippen LogP contribution in [0.4, 0.5) is 5.69 Å². The first-order valence-corrected chi connectivity index (χ1v) is 12.6. The summed E-state index contributed by atoms with van der Waals surface area (Å²) in [6.45, 7) is 3.30. The van der Waals surface area contributed by atoms with Crippen molar-refractivity contribution in [1.29, 1.82) is 0 Å². The summed E-state index contributed by atoms with van der Waals surface area (Å²) in [4.78, 5) is 24.9. The Labute approximate surface area is 200 Å². The van der Waals surface area contributed by atoms with E-state index in [1.807, 2.05) is 0 Å². The Hall–Kier alpha value is -3.11. The van der Waals surface area contributed by atoms with Gasteiger partial charge in [0, 0.05) is 43.4 Å². The van der Waals surface area contributed by atoms with Gasteiger partial charge in [0.2, 0.25) is 15.9 Å². The van der Waals surface area contributed by atoms with Crippen molar-refractivity contribution in [2.45, 2.75) is 31.1 Å². The topological polar surface area (TPSA) is 114 Å². The second-order valence-electron chi connectivity index (χ2n) is 8.27. The number of amides is 2. The van der Waals surface area contributed by atoms with Gasteiger partial charge in [0.25, 0.3) is 5.91 Å². The molecule has 2 aromatic carbocycles. The number of methoxy groups -OCH3 is 2. The molecular weight excluding hydrogens is 458 g/mol. The molecule has 3 rings (SSSR count). The Morgan fingerprint density at radius 3 is 2.15 bits per heavy atom. The molecule has 2 N–H and O–H groups in total. The lowest BCUT2D eigenvalue weighted by atomic mass is 10.0. The van der Waals surface area contributed by atoms with E-state index in [2.05, 4.69) is 17.6 Å². The van der Waals surface area contributed by atoms with Crippen LogP contribution >= 0.6 is 0 Å². The van der Waals surface area contributed by atoms with Crippen molar-refractivity contribution in [1.82, 2.24) is 9.62 Å². The summed E-state index contributed by atoms with van der Waals surface area (Å²) in [7, 11) is -0.542. The first kappa shape index (κ1) is 25.5. The van der Waals surface area contributed by atoms with Crippen LogP contribution in [0.3, 0.4) is 0 Å². The van der Waals surface area contributed by atoms with Crippen LogP contribution in [0.5, 0.6) is 11.5 Å². The molecule has 0 saturated carbocycles. The first-order chi connectivity index (χ1) is 16.2. The van der Waals surface area contributed by atoms with Crippen LogP contribution in [-0.4, -0.2) is 58.4 Å². The molecule has 2 amide bonds. The molecule has 184 valence electrons. The maximum atomic E-state index is 12.8. The number of sulfonamides is 1. The Morgan fingerprint density at radius 2 is 1.59 bits per heavy atom. The van der Waals surface area contributed by atoms with Gasteiger partial charge in [-0.25, -0.2) is 8.42 Å². The maximum absolute atomic E-state index is 12.8. The molecule has 1 saturated heterocycles. The normalized spacial score (nSPS) is 14.9. The highest BCUT2D eigenvalue weighted by molar-refractivity contribution is 7.89. The van der Waals surface area contributed by atoms with Crippen molar-refractivity contribution in [2.75, 3.05) is 39.2 Å². The lowest BCUT2D eigenvalue weighted by Crippen LogP contribution is -2.37. The number of benzene rings is 2. The van der Waals surface area contributed by atoms with Gasteiger partial charge in [-0.3, -0.25) is 9.59 Å². The first-order valence-electron chi connectivity index (χ1n) is 11.1. The molecule has 1 aliphatic heterocycles. The molecule has 9 nitrogen and oxygen atoms in total. The highest BCUT2D eigenvalue weighted by Crippen LogP contribution is 2.25. The van der Waals surface area contributed by atoms with Crippen molar-refractivity contribution in [3.63, 3.8) is 0 Å². The number of nitrogens with zero attached hydrogens (tertiary/aromatic N) is 1. The summed E-state index contributed by atoms with van der Waals surface area (Å²) in [5.74, 6) is 0.855. The summed E-state index contributed by atoms with van der Waals surface area (Å²) >= 11 is 0. The van der Waals surface area contributed by atoms with Crippen LogP contribution in [0.2, 0.25) is 0 Å². The Morgan fingerprint density at radius 1 is 1.00 bits per heavy atom. The highest BCUT2D eigenvalue weighted by atomic mass is 32.2. The molecule has 0 aromatic heterocycles. The largest absolute Gasteiger partial charge is 0.497 e. The van der Waals surface area contributed by atoms with Crippen LogP contribution in [0.1, 0.15) is 36.5 Å². The molecule has 0 unspecified atom stereocenters. The number of carbonyl (C=O) groups excluding carboxylic acids is 2. The van der Waals surface area contributed by atoms with E-state index in [1.54, 1.807) is 30.3 Å². The number of rotatable bonds is 9. The molecular formula is C24H31N3O6S. The number of hydrogen-bond acceptors (Lipinski definition) is 6. The Bertz CT molecular complexity index is 1090. The molecule has 10 heteroatoms. The lowest BCUT2D eigenvalue weighted by molar-refractivity contribution is -0.116. The average molecular weight is 490 g/mol. The van der Waals surface area contributed by atoms with E-state index in [1.165, 1.54) is 30.7 Å². The molecule has 0 spiro atoms. The van der Waals surface area contributed by atoms with E-state index >= 15 is 0 Å². The van der Waals surface area contributed by atoms with E-state index < -0.39 is 10.0 Å². The van der Waals surface area contributed by atoms with Crippen molar-refractivity contribution >= 4 is 27.5 Å². The molecule has 34 heavy (non-hydrogen) atoms. The molecule has 0 radical (unpaired) electrons. The van der Waals surface area contributed by atoms with Gasteiger partial charge < -0.3 is 20.1 Å². The maximum Gasteiger partial charge on any atom is 0.251 e. The van der Waals surface area contributed by atoms with Crippen LogP contribution in [0, 0.1) is 5.92 Å². The summed E-state index contributed by atoms with van der Waals surface area (Å²) < 4.78 is 37.5. The van der Waals surface area contributed by atoms with Crippen LogP contribution in [0.15, 0.2) is 47.4 Å². The van der Waals surface area contributed by atoms with Crippen molar-refractivity contribution in [2.24, 2.45) is 5.92 Å². The summed E-state index contributed by atoms with van der Waals surface area (Å²) in [5, 5.41) is 5.41. The fourth-order valence-corrected chi connectivity index (χ4v) is 5.11. The standard InChI is InChI=1S/C24H31N3O6S/c1-17-9-12-27(13-10-17)34(30,31)22-6-4-19(5-7-22)26-23(28)8-11-25-24(29)18-14-20(32-2)16-21(15-18)33-3/h4-7,14-17H,8-13H2,1-3H3,(H,25,29)(H,26,28). The van der Waals surface area contributed by atoms with E-state index in [0.29, 0.717) is 41.8 Å². The van der Waals surface area contributed by atoms with Gasteiger partial charge in [0.15, 0.2) is 0 Å². The number of hydrogen-bond donors (Lipinski definition) is 2. The van der Waals surface area contributed by atoms with Crippen LogP contribution in [-0.2, 0) is 14.8 Å². The van der Waals surface area contributed by atoms with Crippen molar-refractivity contribution in [3.8, 4) is 11.5 Å². The highest BCUT2D eigenvalue weighted by Gasteiger charge is 2.27. The van der Waals surface area contributed by atoms with E-state index in [9.17, 15) is 18.0 Å². The Balaban J connectivity index is 1.50. The SMILES string of the molecule is COc1cc(OC)cc(C(=O)NCCC(=O)Nc2ccc(S(=O)(=O)N3CCC(C)CC3)cc2)c1. The quantitative estimate of drug-likeness (QED) is 0.560. The van der Waals surface area contributed by atoms with Gasteiger partial charge >= 0.3 is 0 Å². The van der Waals surface area contributed by atoms with Gasteiger partial charge in [-0.1, -0.05) is 6.92 Å². The zero-order valence-corrected chi connectivity index (χ0v) is 20.5. The zero-order chi connectivity index (χ0) is 24.7. The third-order valence-corrected chi connectivity index (χ3v) is 7.68. The average Bonchev–Trinajstić information content (AvgIpc) is 2.84. The number of piperidine rings is 1. The molecule has 1 fully saturated rings. The number of anilines is 1. The number of nitrogens with one attached hydrogen (secondary N) is 2. The predicted octanol–water partition coefficient (Wildman–Crippen LogP) is 2.88. The van der Waals surface area contributed by atoms with E-state index in [4.69, 9.17) is 9.47 Å². The molecule has 0 bridgehead atoms. The molecule has 0 aliphatic carbocycles. The van der Waals surface area contributed by atoms with Crippen LogP contribution < -0.4 is 20.1 Å². The molecule has 1 heterocycles. The number of carbonyl (C=O) groups is 2. The lowest BCUT2D eigenvalue weighted by Gasteiger charge is -2.29. The molecule has 2 aromatic rings. The predicted molar refractivity (Wildman–Crippen MR) is 129 cm³/mol. The third kappa shape index (κ3) is 6.48. The van der Waals surface area contributed by atoms with Gasteiger partial charge in [-0.15, -0.1) is 0 Å². The van der Waals surface area contributed by atoms with Gasteiger partial charge in [0.05, 0.1) is 19.1 Å². The smallest absolute Gasteiger partial charge is 0.251 e. The van der Waals surface area contributed by atoms with Crippen molar-refractivity contribution in [3.05, 3.63) is 48.0 Å². The third-order valence-electron chi connectivity index (χ3n) is 5.77. The minimum Gasteiger partial charge on any atom is -0.497 e. The minimum absolute atomic E-state index is 0.0544. The fraction of sp³-hybridized carbons (Fsp3) is 0.417. The minimum atomic E-state index is -3.54. The van der Waals surface area contributed by atoms with Crippen LogP contribution in [0.25, 0.3) is 0 Å². The summed E-state index contributed by atoms with van der Waals surface area (Å²) in [5.41, 5.74) is 0.844. The number of ether oxygens (including phenoxy) is 2. The van der Waals surface area contributed by atoms with Gasteiger partial charge in [0.1, 0.15) is 11.5 Å². The van der Waals surface area contributed by atoms with Gasteiger partial charge in [-0.2, -0.15) is 4.31 Å². The van der Waals surface area contributed by atoms with Gasteiger partial charge in [-0.05, 0) is 55.2 Å². The Kier molecular flexibility index (Phi) is 8.51. The molecule has 1 aliphatic rings. The second kappa shape index (κ2) is 11.3. The second-order valence-corrected chi connectivity index (χ2v) is 10.2. The molecule has 0 atom stereocenters. The van der Waals surface area contributed by atoms with Crippen molar-refractivity contribution < 1.29 is 27.5 Å². The monoisotopic (exact) mass is 489 g/mol. The zero-order valence-electron chi connectivity index (χ0n) is 19.7.